The van der Waals surface area contributed by atoms with E-state index in [2.05, 4.69) is 10.3 Å². The Morgan fingerprint density at radius 2 is 1.90 bits per heavy atom. The van der Waals surface area contributed by atoms with E-state index < -0.39 is 6.10 Å². The SMILES string of the molecule is CCOc1ccc(C(O)Cc2cn(C)nn2)cc1OCC. The molecule has 21 heavy (non-hydrogen) atoms. The fourth-order valence-corrected chi connectivity index (χ4v) is 2.08. The van der Waals surface area contributed by atoms with E-state index in [9.17, 15) is 5.11 Å². The first-order valence-electron chi connectivity index (χ1n) is 7.06. The van der Waals surface area contributed by atoms with Gasteiger partial charge in [-0.25, -0.2) is 0 Å². The molecule has 1 aromatic heterocycles. The summed E-state index contributed by atoms with van der Waals surface area (Å²) in [5, 5.41) is 18.2. The highest BCUT2D eigenvalue weighted by molar-refractivity contribution is 5.43. The van der Waals surface area contributed by atoms with Crippen LogP contribution in [-0.2, 0) is 13.5 Å². The summed E-state index contributed by atoms with van der Waals surface area (Å²) in [4.78, 5) is 0. The van der Waals surface area contributed by atoms with Gasteiger partial charge < -0.3 is 14.6 Å². The average molecular weight is 291 g/mol. The van der Waals surface area contributed by atoms with E-state index >= 15 is 0 Å². The number of hydrogen-bond donors (Lipinski definition) is 1. The zero-order chi connectivity index (χ0) is 15.2. The number of aryl methyl sites for hydroxylation is 1. The first-order valence-corrected chi connectivity index (χ1v) is 7.06. The van der Waals surface area contributed by atoms with Crippen LogP contribution >= 0.6 is 0 Å². The maximum absolute atomic E-state index is 10.3. The number of nitrogens with zero attached hydrogens (tertiary/aromatic N) is 3. The van der Waals surface area contributed by atoms with Crippen molar-refractivity contribution in [3.05, 3.63) is 35.7 Å². The lowest BCUT2D eigenvalue weighted by molar-refractivity contribution is 0.176. The molecule has 0 amide bonds. The smallest absolute Gasteiger partial charge is 0.161 e. The van der Waals surface area contributed by atoms with Gasteiger partial charge in [0.15, 0.2) is 11.5 Å². The molecule has 1 N–H and O–H groups in total. The molecule has 1 aromatic carbocycles. The molecule has 6 heteroatoms. The summed E-state index contributed by atoms with van der Waals surface area (Å²) in [6, 6.07) is 5.48. The Bertz CT molecular complexity index is 583. The second-order valence-electron chi connectivity index (χ2n) is 4.68. The zero-order valence-corrected chi connectivity index (χ0v) is 12.6. The highest BCUT2D eigenvalue weighted by Crippen LogP contribution is 2.31. The van der Waals surface area contributed by atoms with Gasteiger partial charge in [-0.05, 0) is 31.5 Å². The van der Waals surface area contributed by atoms with E-state index in [4.69, 9.17) is 9.47 Å². The Balaban J connectivity index is 2.16. The molecule has 0 aliphatic rings. The molecule has 114 valence electrons. The van der Waals surface area contributed by atoms with Crippen LogP contribution in [0.25, 0.3) is 0 Å². The summed E-state index contributed by atoms with van der Waals surface area (Å²) < 4.78 is 12.7. The summed E-state index contributed by atoms with van der Waals surface area (Å²) in [7, 11) is 1.80. The van der Waals surface area contributed by atoms with Crippen LogP contribution < -0.4 is 9.47 Å². The standard InChI is InChI=1S/C15H21N3O3/c1-4-20-14-7-6-11(8-15(14)21-5-2)13(19)9-12-10-18(3)17-16-12/h6-8,10,13,19H,4-5,9H2,1-3H3. The lowest BCUT2D eigenvalue weighted by atomic mass is 10.0. The molecule has 6 nitrogen and oxygen atoms in total. The van der Waals surface area contributed by atoms with Gasteiger partial charge in [-0.2, -0.15) is 0 Å². The van der Waals surface area contributed by atoms with Crippen LogP contribution in [0.2, 0.25) is 0 Å². The van der Waals surface area contributed by atoms with Crippen molar-refractivity contribution in [1.29, 1.82) is 0 Å². The van der Waals surface area contributed by atoms with E-state index in [1.54, 1.807) is 17.9 Å². The number of ether oxygens (including phenoxy) is 2. The third kappa shape index (κ3) is 3.95. The summed E-state index contributed by atoms with van der Waals surface area (Å²) in [6.45, 7) is 4.95. The molecule has 2 aromatic rings. The number of aliphatic hydroxyl groups excluding tert-OH is 1. The number of hydrogen-bond acceptors (Lipinski definition) is 5. The predicted molar refractivity (Wildman–Crippen MR) is 78.4 cm³/mol. The third-order valence-corrected chi connectivity index (χ3v) is 3.00. The Hall–Kier alpha value is -2.08. The second kappa shape index (κ2) is 7.08. The van der Waals surface area contributed by atoms with Crippen molar-refractivity contribution in [2.75, 3.05) is 13.2 Å². The Labute approximate surface area is 124 Å². The summed E-state index contributed by atoms with van der Waals surface area (Å²) >= 11 is 0. The zero-order valence-electron chi connectivity index (χ0n) is 12.6. The minimum Gasteiger partial charge on any atom is -0.490 e. The molecule has 1 heterocycles. The van der Waals surface area contributed by atoms with Gasteiger partial charge in [-0.15, -0.1) is 5.10 Å². The van der Waals surface area contributed by atoms with Crippen LogP contribution in [0.15, 0.2) is 24.4 Å². The van der Waals surface area contributed by atoms with Crippen LogP contribution in [0.3, 0.4) is 0 Å². The van der Waals surface area contributed by atoms with E-state index in [0.717, 1.165) is 11.3 Å². The minimum absolute atomic E-state index is 0.410. The van der Waals surface area contributed by atoms with E-state index in [0.29, 0.717) is 31.1 Å². The normalized spacial score (nSPS) is 12.2. The van der Waals surface area contributed by atoms with Gasteiger partial charge in [0.05, 0.1) is 25.0 Å². The fourth-order valence-electron chi connectivity index (χ4n) is 2.08. The van der Waals surface area contributed by atoms with E-state index in [1.807, 2.05) is 32.0 Å². The highest BCUT2D eigenvalue weighted by Gasteiger charge is 2.14. The molecule has 1 unspecified atom stereocenters. The van der Waals surface area contributed by atoms with Crippen LogP contribution in [0.1, 0.15) is 31.2 Å². The van der Waals surface area contributed by atoms with Crippen LogP contribution in [0, 0.1) is 0 Å². The lowest BCUT2D eigenvalue weighted by Gasteiger charge is -2.15. The van der Waals surface area contributed by atoms with Crippen molar-refractivity contribution in [3.8, 4) is 11.5 Å². The maximum Gasteiger partial charge on any atom is 0.161 e. The molecule has 2 rings (SSSR count). The van der Waals surface area contributed by atoms with Crippen LogP contribution in [0.4, 0.5) is 0 Å². The summed E-state index contributed by atoms with van der Waals surface area (Å²) in [5.74, 6) is 1.34. The summed E-state index contributed by atoms with van der Waals surface area (Å²) in [6.07, 6.45) is 1.55. The molecule has 0 aliphatic heterocycles. The molecule has 0 fully saturated rings. The molecule has 0 saturated heterocycles. The van der Waals surface area contributed by atoms with Crippen molar-refractivity contribution in [2.45, 2.75) is 26.4 Å². The summed E-state index contributed by atoms with van der Waals surface area (Å²) in [5.41, 5.74) is 1.52. The van der Waals surface area contributed by atoms with Gasteiger partial charge in [0, 0.05) is 19.7 Å². The van der Waals surface area contributed by atoms with Crippen LogP contribution in [-0.4, -0.2) is 33.3 Å². The molecule has 0 spiro atoms. The molecule has 0 radical (unpaired) electrons. The monoisotopic (exact) mass is 291 g/mol. The van der Waals surface area contributed by atoms with Crippen LogP contribution in [0.5, 0.6) is 11.5 Å². The fraction of sp³-hybridized carbons (Fsp3) is 0.467. The van der Waals surface area contributed by atoms with Crippen molar-refractivity contribution < 1.29 is 14.6 Å². The molecule has 0 aliphatic carbocycles. The third-order valence-electron chi connectivity index (χ3n) is 3.00. The molecular weight excluding hydrogens is 270 g/mol. The van der Waals surface area contributed by atoms with Crippen molar-refractivity contribution >= 4 is 0 Å². The minimum atomic E-state index is -0.656. The Morgan fingerprint density at radius 1 is 1.19 bits per heavy atom. The Kier molecular flexibility index (Phi) is 5.16. The van der Waals surface area contributed by atoms with Gasteiger partial charge >= 0.3 is 0 Å². The maximum atomic E-state index is 10.3. The quantitative estimate of drug-likeness (QED) is 0.843. The number of rotatable bonds is 7. The van der Waals surface area contributed by atoms with Gasteiger partial charge in [0.2, 0.25) is 0 Å². The number of aromatic nitrogens is 3. The molecule has 1 atom stereocenters. The molecular formula is C15H21N3O3. The second-order valence-corrected chi connectivity index (χ2v) is 4.68. The van der Waals surface area contributed by atoms with Gasteiger partial charge in [-0.1, -0.05) is 11.3 Å². The Morgan fingerprint density at radius 3 is 2.52 bits per heavy atom. The topological polar surface area (TPSA) is 69.4 Å². The van der Waals surface area contributed by atoms with Gasteiger partial charge in [0.25, 0.3) is 0 Å². The number of benzene rings is 1. The number of aliphatic hydroxyl groups is 1. The van der Waals surface area contributed by atoms with E-state index in [1.165, 1.54) is 0 Å². The predicted octanol–water partition coefficient (Wildman–Crippen LogP) is 1.89. The molecule has 0 bridgehead atoms. The van der Waals surface area contributed by atoms with Crippen molar-refractivity contribution in [3.63, 3.8) is 0 Å². The lowest BCUT2D eigenvalue weighted by Crippen LogP contribution is -2.04. The van der Waals surface area contributed by atoms with E-state index in [-0.39, 0.29) is 0 Å². The first-order chi connectivity index (χ1) is 10.1. The highest BCUT2D eigenvalue weighted by atomic mass is 16.5. The van der Waals surface area contributed by atoms with Crippen molar-refractivity contribution in [1.82, 2.24) is 15.0 Å². The van der Waals surface area contributed by atoms with Gasteiger partial charge in [-0.3, -0.25) is 4.68 Å². The van der Waals surface area contributed by atoms with Gasteiger partial charge in [0.1, 0.15) is 0 Å². The molecule has 0 saturated carbocycles. The largest absolute Gasteiger partial charge is 0.490 e. The average Bonchev–Trinajstić information content (AvgIpc) is 2.86. The first kappa shape index (κ1) is 15.3. The van der Waals surface area contributed by atoms with Crippen molar-refractivity contribution in [2.24, 2.45) is 7.05 Å².